The highest BCUT2D eigenvalue weighted by molar-refractivity contribution is 5.54. The number of methoxy groups -OCH3 is 1. The zero-order chi connectivity index (χ0) is 13.2. The molecule has 0 aromatic heterocycles. The minimum absolute atomic E-state index is 0.749. The van der Waals surface area contributed by atoms with Gasteiger partial charge in [-0.2, -0.15) is 0 Å². The molecular weight excluding hydrogens is 236 g/mol. The molecule has 0 amide bonds. The SMILES string of the molecule is COc1ccc(CN2CCC3CCCCC32)cc1N. The largest absolute Gasteiger partial charge is 0.495 e. The van der Waals surface area contributed by atoms with Gasteiger partial charge in [0, 0.05) is 12.6 Å². The van der Waals surface area contributed by atoms with Crippen LogP contribution in [-0.4, -0.2) is 24.6 Å². The first-order chi connectivity index (χ1) is 9.28. The third-order valence-corrected chi connectivity index (χ3v) is 4.80. The van der Waals surface area contributed by atoms with E-state index in [1.807, 2.05) is 6.07 Å². The van der Waals surface area contributed by atoms with Crippen LogP contribution in [0.4, 0.5) is 5.69 Å². The summed E-state index contributed by atoms with van der Waals surface area (Å²) in [6, 6.07) is 7.01. The van der Waals surface area contributed by atoms with Crippen LogP contribution in [0.5, 0.6) is 5.75 Å². The van der Waals surface area contributed by atoms with E-state index in [9.17, 15) is 0 Å². The van der Waals surface area contributed by atoms with Gasteiger partial charge in [0.1, 0.15) is 5.75 Å². The lowest BCUT2D eigenvalue weighted by atomic mass is 9.85. The van der Waals surface area contributed by atoms with Gasteiger partial charge in [0.25, 0.3) is 0 Å². The highest BCUT2D eigenvalue weighted by Gasteiger charge is 2.35. The van der Waals surface area contributed by atoms with Crippen LogP contribution >= 0.6 is 0 Å². The molecule has 0 spiro atoms. The molecule has 1 aromatic rings. The first-order valence-corrected chi connectivity index (χ1v) is 7.44. The van der Waals surface area contributed by atoms with E-state index in [0.717, 1.165) is 29.9 Å². The average Bonchev–Trinajstić information content (AvgIpc) is 2.83. The molecule has 2 aliphatic rings. The van der Waals surface area contributed by atoms with Gasteiger partial charge in [-0.1, -0.05) is 18.9 Å². The maximum Gasteiger partial charge on any atom is 0.141 e. The molecule has 19 heavy (non-hydrogen) atoms. The molecule has 3 rings (SSSR count). The minimum Gasteiger partial charge on any atom is -0.495 e. The molecule has 2 fully saturated rings. The van der Waals surface area contributed by atoms with Crippen molar-refractivity contribution in [3.05, 3.63) is 23.8 Å². The van der Waals surface area contributed by atoms with Crippen molar-refractivity contribution in [1.82, 2.24) is 4.90 Å². The molecule has 0 radical (unpaired) electrons. The quantitative estimate of drug-likeness (QED) is 0.849. The highest BCUT2D eigenvalue weighted by Crippen LogP contribution is 2.37. The Balaban J connectivity index is 1.69. The van der Waals surface area contributed by atoms with Crippen molar-refractivity contribution in [3.63, 3.8) is 0 Å². The second kappa shape index (κ2) is 5.41. The molecule has 1 aliphatic carbocycles. The molecule has 0 bridgehead atoms. The molecule has 2 atom stereocenters. The van der Waals surface area contributed by atoms with Gasteiger partial charge >= 0.3 is 0 Å². The Bertz CT molecular complexity index is 446. The summed E-state index contributed by atoms with van der Waals surface area (Å²) in [7, 11) is 1.67. The number of anilines is 1. The van der Waals surface area contributed by atoms with Crippen LogP contribution in [0.3, 0.4) is 0 Å². The lowest BCUT2D eigenvalue weighted by molar-refractivity contribution is 0.176. The van der Waals surface area contributed by atoms with E-state index in [-0.39, 0.29) is 0 Å². The average molecular weight is 260 g/mol. The number of fused-ring (bicyclic) bond motifs is 1. The number of nitrogens with zero attached hydrogens (tertiary/aromatic N) is 1. The summed E-state index contributed by atoms with van der Waals surface area (Å²) in [5, 5.41) is 0. The van der Waals surface area contributed by atoms with Gasteiger partial charge in [-0.3, -0.25) is 4.90 Å². The lowest BCUT2D eigenvalue weighted by Gasteiger charge is -2.31. The van der Waals surface area contributed by atoms with E-state index in [1.165, 1.54) is 44.2 Å². The lowest BCUT2D eigenvalue weighted by Crippen LogP contribution is -2.34. The summed E-state index contributed by atoms with van der Waals surface area (Å²) in [5.41, 5.74) is 8.05. The summed E-state index contributed by atoms with van der Waals surface area (Å²) in [4.78, 5) is 2.66. The molecule has 3 heteroatoms. The Morgan fingerprint density at radius 3 is 2.89 bits per heavy atom. The number of ether oxygens (including phenoxy) is 1. The van der Waals surface area contributed by atoms with Gasteiger partial charge in [0.05, 0.1) is 12.8 Å². The van der Waals surface area contributed by atoms with Crippen molar-refractivity contribution >= 4 is 5.69 Å². The second-order valence-electron chi connectivity index (χ2n) is 5.95. The normalized spacial score (nSPS) is 27.2. The predicted molar refractivity (Wildman–Crippen MR) is 78.2 cm³/mol. The van der Waals surface area contributed by atoms with Crippen LogP contribution in [0.1, 0.15) is 37.7 Å². The summed E-state index contributed by atoms with van der Waals surface area (Å²) in [6.07, 6.45) is 7.05. The molecule has 1 aliphatic heterocycles. The Morgan fingerprint density at radius 2 is 2.11 bits per heavy atom. The van der Waals surface area contributed by atoms with Crippen molar-refractivity contribution in [2.45, 2.75) is 44.7 Å². The molecule has 104 valence electrons. The van der Waals surface area contributed by atoms with E-state index >= 15 is 0 Å². The van der Waals surface area contributed by atoms with Crippen LogP contribution in [0, 0.1) is 5.92 Å². The van der Waals surface area contributed by atoms with Crippen LogP contribution < -0.4 is 10.5 Å². The zero-order valence-electron chi connectivity index (χ0n) is 11.8. The van der Waals surface area contributed by atoms with Gasteiger partial charge in [-0.15, -0.1) is 0 Å². The Morgan fingerprint density at radius 1 is 1.26 bits per heavy atom. The fourth-order valence-corrected chi connectivity index (χ4v) is 3.82. The molecule has 3 nitrogen and oxygen atoms in total. The van der Waals surface area contributed by atoms with E-state index < -0.39 is 0 Å². The van der Waals surface area contributed by atoms with Crippen LogP contribution in [-0.2, 0) is 6.54 Å². The Labute approximate surface area is 115 Å². The number of benzene rings is 1. The standard InChI is InChI=1S/C16H24N2O/c1-19-16-7-6-12(10-14(16)17)11-18-9-8-13-4-2-3-5-15(13)18/h6-7,10,13,15H,2-5,8-9,11,17H2,1H3. The number of nitrogen functional groups attached to an aromatic ring is 1. The Hall–Kier alpha value is -1.22. The molecule has 1 saturated carbocycles. The van der Waals surface area contributed by atoms with Gasteiger partial charge in [-0.25, -0.2) is 0 Å². The van der Waals surface area contributed by atoms with Gasteiger partial charge in [0.15, 0.2) is 0 Å². The zero-order valence-corrected chi connectivity index (χ0v) is 11.8. The number of likely N-dealkylation sites (tertiary alicyclic amines) is 1. The first kappa shape index (κ1) is 12.8. The van der Waals surface area contributed by atoms with E-state index in [1.54, 1.807) is 7.11 Å². The van der Waals surface area contributed by atoms with E-state index in [2.05, 4.69) is 17.0 Å². The van der Waals surface area contributed by atoms with Crippen molar-refractivity contribution in [2.24, 2.45) is 5.92 Å². The topological polar surface area (TPSA) is 38.5 Å². The fraction of sp³-hybridized carbons (Fsp3) is 0.625. The predicted octanol–water partition coefficient (Wildman–Crippen LogP) is 3.04. The third-order valence-electron chi connectivity index (χ3n) is 4.80. The summed E-state index contributed by atoms with van der Waals surface area (Å²) in [5.74, 6) is 1.73. The Kier molecular flexibility index (Phi) is 3.65. The van der Waals surface area contributed by atoms with Gasteiger partial charge in [0.2, 0.25) is 0 Å². The number of nitrogens with two attached hydrogens (primary N) is 1. The van der Waals surface area contributed by atoms with Gasteiger partial charge < -0.3 is 10.5 Å². The number of rotatable bonds is 3. The van der Waals surface area contributed by atoms with E-state index in [0.29, 0.717) is 0 Å². The van der Waals surface area contributed by atoms with Crippen LogP contribution in [0.2, 0.25) is 0 Å². The highest BCUT2D eigenvalue weighted by atomic mass is 16.5. The minimum atomic E-state index is 0.749. The first-order valence-electron chi connectivity index (χ1n) is 7.44. The smallest absolute Gasteiger partial charge is 0.141 e. The maximum absolute atomic E-state index is 5.99. The molecule has 2 N–H and O–H groups in total. The van der Waals surface area contributed by atoms with E-state index in [4.69, 9.17) is 10.5 Å². The van der Waals surface area contributed by atoms with Gasteiger partial charge in [-0.05, 0) is 49.4 Å². The van der Waals surface area contributed by atoms with Crippen LogP contribution in [0.15, 0.2) is 18.2 Å². The molecular formula is C16H24N2O. The van der Waals surface area contributed by atoms with Crippen molar-refractivity contribution in [3.8, 4) is 5.75 Å². The maximum atomic E-state index is 5.99. The number of hydrogen-bond donors (Lipinski definition) is 1. The summed E-state index contributed by atoms with van der Waals surface area (Å²) >= 11 is 0. The summed E-state index contributed by atoms with van der Waals surface area (Å²) in [6.45, 7) is 2.29. The molecule has 1 heterocycles. The molecule has 1 aromatic carbocycles. The second-order valence-corrected chi connectivity index (χ2v) is 5.95. The molecule has 1 saturated heterocycles. The third kappa shape index (κ3) is 2.57. The molecule has 2 unspecified atom stereocenters. The van der Waals surface area contributed by atoms with Crippen molar-refractivity contribution < 1.29 is 4.74 Å². The van der Waals surface area contributed by atoms with Crippen molar-refractivity contribution in [2.75, 3.05) is 19.4 Å². The summed E-state index contributed by atoms with van der Waals surface area (Å²) < 4.78 is 5.22. The van der Waals surface area contributed by atoms with Crippen LogP contribution in [0.25, 0.3) is 0 Å². The number of hydrogen-bond acceptors (Lipinski definition) is 3. The fourth-order valence-electron chi connectivity index (χ4n) is 3.82. The van der Waals surface area contributed by atoms with Crippen molar-refractivity contribution in [1.29, 1.82) is 0 Å². The monoisotopic (exact) mass is 260 g/mol.